The smallest absolute Gasteiger partial charge is 0.404 e. The van der Waals surface area contributed by atoms with E-state index in [2.05, 4.69) is 6.92 Å². The van der Waals surface area contributed by atoms with E-state index in [9.17, 15) is 4.79 Å². The van der Waals surface area contributed by atoms with Gasteiger partial charge in [-0.3, -0.25) is 0 Å². The van der Waals surface area contributed by atoms with E-state index >= 15 is 0 Å². The molecule has 0 saturated carbocycles. The van der Waals surface area contributed by atoms with E-state index in [4.69, 9.17) is 26.8 Å². The van der Waals surface area contributed by atoms with Crippen LogP contribution in [-0.2, 0) is 9.47 Å². The van der Waals surface area contributed by atoms with Crippen molar-refractivity contribution in [2.24, 2.45) is 5.73 Å². The highest BCUT2D eigenvalue weighted by molar-refractivity contribution is 6.31. The first-order valence-corrected chi connectivity index (χ1v) is 6.71. The molecular formula is C14H20ClNO3. The lowest BCUT2D eigenvalue weighted by molar-refractivity contribution is -0.0256. The molecule has 1 rings (SSSR count). The second-order valence-corrected chi connectivity index (χ2v) is 4.70. The summed E-state index contributed by atoms with van der Waals surface area (Å²) in [5.41, 5.74) is 5.92. The molecule has 0 radical (unpaired) electrons. The Labute approximate surface area is 118 Å². The molecule has 0 unspecified atom stereocenters. The zero-order valence-electron chi connectivity index (χ0n) is 11.3. The number of halogens is 1. The van der Waals surface area contributed by atoms with Crippen molar-refractivity contribution in [2.45, 2.75) is 38.4 Å². The lowest BCUT2D eigenvalue weighted by Crippen LogP contribution is -2.29. The number of rotatable bonds is 7. The van der Waals surface area contributed by atoms with Gasteiger partial charge in [-0.1, -0.05) is 43.1 Å². The van der Waals surface area contributed by atoms with Crippen LogP contribution in [0.5, 0.6) is 0 Å². The minimum atomic E-state index is -0.796. The third kappa shape index (κ3) is 4.73. The molecule has 0 spiro atoms. The molecule has 106 valence electrons. The fourth-order valence-electron chi connectivity index (χ4n) is 2.01. The van der Waals surface area contributed by atoms with Crippen LogP contribution in [-0.4, -0.2) is 19.3 Å². The highest BCUT2D eigenvalue weighted by Gasteiger charge is 2.27. The van der Waals surface area contributed by atoms with Gasteiger partial charge >= 0.3 is 6.09 Å². The number of nitrogens with two attached hydrogens (primary N) is 1. The molecule has 0 bridgehead atoms. The van der Waals surface area contributed by atoms with Crippen molar-refractivity contribution < 1.29 is 14.3 Å². The van der Waals surface area contributed by atoms with E-state index in [-0.39, 0.29) is 0 Å². The van der Waals surface area contributed by atoms with Gasteiger partial charge in [0, 0.05) is 17.7 Å². The van der Waals surface area contributed by atoms with Gasteiger partial charge in [0.25, 0.3) is 0 Å². The van der Waals surface area contributed by atoms with Gasteiger partial charge in [0.2, 0.25) is 0 Å². The second-order valence-electron chi connectivity index (χ2n) is 4.30. The molecule has 0 heterocycles. The van der Waals surface area contributed by atoms with Crippen molar-refractivity contribution in [2.75, 3.05) is 7.11 Å². The van der Waals surface area contributed by atoms with Gasteiger partial charge in [-0.15, -0.1) is 0 Å². The van der Waals surface area contributed by atoms with E-state index in [1.807, 2.05) is 18.2 Å². The van der Waals surface area contributed by atoms with Gasteiger partial charge in [0.15, 0.2) is 0 Å². The summed E-state index contributed by atoms with van der Waals surface area (Å²) in [6.07, 6.45) is 0.966. The summed E-state index contributed by atoms with van der Waals surface area (Å²) in [6, 6.07) is 7.35. The van der Waals surface area contributed by atoms with Crippen molar-refractivity contribution in [3.8, 4) is 0 Å². The van der Waals surface area contributed by atoms with Crippen LogP contribution >= 0.6 is 11.6 Å². The number of primary amides is 1. The van der Waals surface area contributed by atoms with Gasteiger partial charge in [-0.25, -0.2) is 4.79 Å². The molecule has 0 fully saturated rings. The number of benzene rings is 1. The van der Waals surface area contributed by atoms with Gasteiger partial charge in [0.05, 0.1) is 0 Å². The maximum Gasteiger partial charge on any atom is 0.404 e. The number of unbranched alkanes of at least 4 members (excludes halogenated alkanes) is 1. The van der Waals surface area contributed by atoms with Crippen LogP contribution in [0.25, 0.3) is 0 Å². The summed E-state index contributed by atoms with van der Waals surface area (Å²) in [5.74, 6) is 0. The minimum Gasteiger partial charge on any atom is -0.443 e. The number of ether oxygens (including phenoxy) is 2. The fraction of sp³-hybridized carbons (Fsp3) is 0.500. The monoisotopic (exact) mass is 285 g/mol. The third-order valence-corrected chi connectivity index (χ3v) is 3.26. The fourth-order valence-corrected chi connectivity index (χ4v) is 2.25. The standard InChI is InChI=1S/C14H20ClNO3/c1-3-4-9-12(19-14(16)17)13(18-2)10-7-5-6-8-11(10)15/h5-8,12-13H,3-4,9H2,1-2H3,(H2,16,17)/t12-,13-/m0/s1. The number of carbonyl (C=O) groups excluding carboxylic acids is 1. The molecular weight excluding hydrogens is 266 g/mol. The highest BCUT2D eigenvalue weighted by atomic mass is 35.5. The first-order chi connectivity index (χ1) is 9.10. The number of methoxy groups -OCH3 is 1. The Morgan fingerprint density at radius 3 is 2.63 bits per heavy atom. The normalized spacial score (nSPS) is 13.8. The van der Waals surface area contributed by atoms with Gasteiger partial charge in [-0.2, -0.15) is 0 Å². The van der Waals surface area contributed by atoms with Crippen molar-refractivity contribution in [3.05, 3.63) is 34.9 Å². The van der Waals surface area contributed by atoms with E-state index in [0.29, 0.717) is 11.4 Å². The molecule has 5 heteroatoms. The molecule has 2 N–H and O–H groups in total. The molecule has 0 aliphatic heterocycles. The first-order valence-electron chi connectivity index (χ1n) is 6.33. The SMILES string of the molecule is CCCC[C@H](OC(N)=O)[C@@H](OC)c1ccccc1Cl. The van der Waals surface area contributed by atoms with E-state index in [1.165, 1.54) is 0 Å². The molecule has 1 amide bonds. The quantitative estimate of drug-likeness (QED) is 0.831. The summed E-state index contributed by atoms with van der Waals surface area (Å²) in [5, 5.41) is 0.587. The zero-order chi connectivity index (χ0) is 14.3. The molecule has 0 saturated heterocycles. The third-order valence-electron chi connectivity index (χ3n) is 2.91. The summed E-state index contributed by atoms with van der Waals surface area (Å²) < 4.78 is 10.6. The summed E-state index contributed by atoms with van der Waals surface area (Å²) in [6.45, 7) is 2.07. The van der Waals surface area contributed by atoms with Gasteiger partial charge in [-0.05, 0) is 18.9 Å². The Bertz CT molecular complexity index is 411. The number of amides is 1. The minimum absolute atomic E-state index is 0.409. The Kier molecular flexibility index (Phi) is 6.67. The summed E-state index contributed by atoms with van der Waals surface area (Å²) >= 11 is 6.16. The zero-order valence-corrected chi connectivity index (χ0v) is 12.0. The molecule has 1 aromatic rings. The van der Waals surface area contributed by atoms with Crippen LogP contribution in [0.4, 0.5) is 4.79 Å². The molecule has 0 aliphatic rings. The lowest BCUT2D eigenvalue weighted by Gasteiger charge is -2.26. The predicted molar refractivity (Wildman–Crippen MR) is 75.2 cm³/mol. The average Bonchev–Trinajstić information content (AvgIpc) is 2.38. The first kappa shape index (κ1) is 15.8. The van der Waals surface area contributed by atoms with Crippen molar-refractivity contribution in [3.63, 3.8) is 0 Å². The van der Waals surface area contributed by atoms with Crippen LogP contribution in [0.2, 0.25) is 5.02 Å². The topological polar surface area (TPSA) is 61.5 Å². The molecule has 0 aliphatic carbocycles. The van der Waals surface area contributed by atoms with Crippen molar-refractivity contribution in [1.82, 2.24) is 0 Å². The van der Waals surface area contributed by atoms with Gasteiger partial charge in [0.1, 0.15) is 12.2 Å². The number of hydrogen-bond acceptors (Lipinski definition) is 3. The Morgan fingerprint density at radius 2 is 2.11 bits per heavy atom. The second kappa shape index (κ2) is 8.02. The molecule has 0 aromatic heterocycles. The molecule has 4 nitrogen and oxygen atoms in total. The van der Waals surface area contributed by atoms with Crippen molar-refractivity contribution in [1.29, 1.82) is 0 Å². The Balaban J connectivity index is 2.94. The maximum atomic E-state index is 11.0. The average molecular weight is 286 g/mol. The number of carbonyl (C=O) groups is 1. The van der Waals surface area contributed by atoms with Gasteiger partial charge < -0.3 is 15.2 Å². The lowest BCUT2D eigenvalue weighted by atomic mass is 10.00. The summed E-state index contributed by atoms with van der Waals surface area (Å²) in [4.78, 5) is 11.0. The molecule has 19 heavy (non-hydrogen) atoms. The van der Waals surface area contributed by atoms with E-state index < -0.39 is 18.3 Å². The van der Waals surface area contributed by atoms with Crippen LogP contribution in [0.15, 0.2) is 24.3 Å². The number of hydrogen-bond donors (Lipinski definition) is 1. The maximum absolute atomic E-state index is 11.0. The van der Waals surface area contributed by atoms with Crippen LogP contribution < -0.4 is 5.73 Å². The van der Waals surface area contributed by atoms with E-state index in [1.54, 1.807) is 13.2 Å². The Hall–Kier alpha value is -1.26. The van der Waals surface area contributed by atoms with Crippen LogP contribution in [0.1, 0.15) is 37.9 Å². The Morgan fingerprint density at radius 1 is 1.42 bits per heavy atom. The largest absolute Gasteiger partial charge is 0.443 e. The molecule has 2 atom stereocenters. The van der Waals surface area contributed by atoms with E-state index in [0.717, 1.165) is 18.4 Å². The highest BCUT2D eigenvalue weighted by Crippen LogP contribution is 2.31. The predicted octanol–water partition coefficient (Wildman–Crippen LogP) is 3.68. The van der Waals surface area contributed by atoms with Crippen LogP contribution in [0, 0.1) is 0 Å². The van der Waals surface area contributed by atoms with Crippen LogP contribution in [0.3, 0.4) is 0 Å². The molecule has 1 aromatic carbocycles. The van der Waals surface area contributed by atoms with Crippen molar-refractivity contribution >= 4 is 17.7 Å². The summed E-state index contributed by atoms with van der Waals surface area (Å²) in [7, 11) is 1.57.